The van der Waals surface area contributed by atoms with E-state index in [0.717, 1.165) is 5.56 Å². The Labute approximate surface area is 196 Å². The van der Waals surface area contributed by atoms with E-state index in [-0.39, 0.29) is 11.7 Å². The number of ether oxygens (including phenoxy) is 2. The molecule has 0 bridgehead atoms. The summed E-state index contributed by atoms with van der Waals surface area (Å²) in [5.41, 5.74) is 1.33. The summed E-state index contributed by atoms with van der Waals surface area (Å²) >= 11 is 0. The number of hydrogen-bond acceptors (Lipinski definition) is 5. The van der Waals surface area contributed by atoms with Gasteiger partial charge in [-0.05, 0) is 53.6 Å². The van der Waals surface area contributed by atoms with Gasteiger partial charge in [0.15, 0.2) is 11.6 Å². The molecule has 2 aromatic carbocycles. The maximum Gasteiger partial charge on any atom is 0.244 e. The first kappa shape index (κ1) is 22.7. The van der Waals surface area contributed by atoms with Crippen LogP contribution in [-0.4, -0.2) is 27.6 Å². The molecule has 1 atom stereocenters. The highest BCUT2D eigenvalue weighted by molar-refractivity contribution is 5.92. The number of pyridine rings is 1. The molecule has 4 aromatic rings. The number of carbonyl (C=O) groups excluding carboxylic acids is 1. The molecule has 34 heavy (non-hydrogen) atoms. The van der Waals surface area contributed by atoms with Crippen molar-refractivity contribution in [2.75, 3.05) is 7.11 Å². The first-order chi connectivity index (χ1) is 16.5. The van der Waals surface area contributed by atoms with Crippen LogP contribution in [0.5, 0.6) is 17.2 Å². The van der Waals surface area contributed by atoms with Crippen LogP contribution in [0, 0.1) is 5.82 Å². The lowest BCUT2D eigenvalue weighted by molar-refractivity contribution is -0.117. The van der Waals surface area contributed by atoms with Gasteiger partial charge in [-0.25, -0.2) is 9.37 Å². The van der Waals surface area contributed by atoms with Crippen molar-refractivity contribution in [2.24, 2.45) is 7.05 Å². The fourth-order valence-electron chi connectivity index (χ4n) is 3.37. The monoisotopic (exact) mass is 458 g/mol. The number of halogens is 1. The van der Waals surface area contributed by atoms with Gasteiger partial charge in [-0.15, -0.1) is 0 Å². The number of rotatable bonds is 8. The van der Waals surface area contributed by atoms with Gasteiger partial charge in [0.1, 0.15) is 23.4 Å². The summed E-state index contributed by atoms with van der Waals surface area (Å²) in [5, 5.41) is 2.97. The lowest BCUT2D eigenvalue weighted by Gasteiger charge is -2.19. The molecule has 1 N–H and O–H groups in total. The number of methoxy groups -OCH3 is 1. The highest BCUT2D eigenvalue weighted by Gasteiger charge is 2.20. The van der Waals surface area contributed by atoms with Crippen molar-refractivity contribution in [1.29, 1.82) is 0 Å². The summed E-state index contributed by atoms with van der Waals surface area (Å²) in [4.78, 5) is 21.1. The van der Waals surface area contributed by atoms with Crippen LogP contribution in [0.15, 0.2) is 85.5 Å². The first-order valence-electron chi connectivity index (χ1n) is 10.5. The second-order valence-electron chi connectivity index (χ2n) is 7.43. The number of amides is 1. The van der Waals surface area contributed by atoms with Crippen molar-refractivity contribution >= 4 is 12.0 Å². The number of nitrogens with one attached hydrogen (secondary N) is 1. The van der Waals surface area contributed by atoms with E-state index in [9.17, 15) is 9.18 Å². The predicted octanol–water partition coefficient (Wildman–Crippen LogP) is 4.67. The number of hydrogen-bond donors (Lipinski definition) is 1. The molecule has 1 unspecified atom stereocenters. The molecule has 172 valence electrons. The smallest absolute Gasteiger partial charge is 0.244 e. The molecule has 0 aliphatic heterocycles. The van der Waals surface area contributed by atoms with Crippen molar-refractivity contribution in [3.8, 4) is 17.2 Å². The van der Waals surface area contributed by atoms with E-state index in [1.165, 1.54) is 30.5 Å². The number of nitrogens with zero attached hydrogens (tertiary/aromatic N) is 3. The van der Waals surface area contributed by atoms with Crippen LogP contribution in [0.3, 0.4) is 0 Å². The topological polar surface area (TPSA) is 78.3 Å². The number of aromatic nitrogens is 3. The third kappa shape index (κ3) is 5.47. The molecule has 0 fully saturated rings. The van der Waals surface area contributed by atoms with Crippen LogP contribution < -0.4 is 14.8 Å². The largest absolute Gasteiger partial charge is 0.497 e. The SMILES string of the molecule is COc1cccc(C(NC(=O)/C=C/c2ccc(Oc3cccnc3)c(F)c2)c2nccn2C)c1. The van der Waals surface area contributed by atoms with Crippen LogP contribution >= 0.6 is 0 Å². The Hall–Kier alpha value is -4.46. The summed E-state index contributed by atoms with van der Waals surface area (Å²) in [5.74, 6) is 0.938. The maximum atomic E-state index is 14.5. The fourth-order valence-corrected chi connectivity index (χ4v) is 3.37. The number of aryl methyl sites for hydroxylation is 1. The minimum atomic E-state index is -0.548. The van der Waals surface area contributed by atoms with E-state index < -0.39 is 11.9 Å². The van der Waals surface area contributed by atoms with Crippen molar-refractivity contribution in [3.63, 3.8) is 0 Å². The Bertz CT molecular complexity index is 1300. The van der Waals surface area contributed by atoms with Gasteiger partial charge in [-0.3, -0.25) is 9.78 Å². The van der Waals surface area contributed by atoms with Crippen LogP contribution in [0.25, 0.3) is 6.08 Å². The van der Waals surface area contributed by atoms with Crippen molar-refractivity contribution in [2.45, 2.75) is 6.04 Å². The highest BCUT2D eigenvalue weighted by atomic mass is 19.1. The number of benzene rings is 2. The second kappa shape index (κ2) is 10.4. The molecule has 0 aliphatic rings. The number of carbonyl (C=O) groups is 1. The van der Waals surface area contributed by atoms with Gasteiger partial charge in [-0.2, -0.15) is 0 Å². The quantitative estimate of drug-likeness (QED) is 0.388. The molecule has 4 rings (SSSR count). The molecule has 8 heteroatoms. The molecule has 2 aromatic heterocycles. The van der Waals surface area contributed by atoms with E-state index in [1.807, 2.05) is 42.1 Å². The summed E-state index contributed by atoms with van der Waals surface area (Å²) in [6.07, 6.45) is 9.47. The Morgan fingerprint density at radius 3 is 2.68 bits per heavy atom. The van der Waals surface area contributed by atoms with Gasteiger partial charge in [-0.1, -0.05) is 18.2 Å². The zero-order chi connectivity index (χ0) is 23.9. The molecule has 0 saturated carbocycles. The number of imidazole rings is 1. The first-order valence-corrected chi connectivity index (χ1v) is 10.5. The van der Waals surface area contributed by atoms with Gasteiger partial charge in [0, 0.05) is 31.7 Å². The molecule has 2 heterocycles. The van der Waals surface area contributed by atoms with Gasteiger partial charge >= 0.3 is 0 Å². The molecule has 0 aliphatic carbocycles. The maximum absolute atomic E-state index is 14.5. The minimum absolute atomic E-state index is 0.0717. The van der Waals surface area contributed by atoms with Gasteiger partial charge < -0.3 is 19.4 Å². The van der Waals surface area contributed by atoms with Crippen LogP contribution in [0.1, 0.15) is 23.0 Å². The van der Waals surface area contributed by atoms with Gasteiger partial charge in [0.2, 0.25) is 5.91 Å². The van der Waals surface area contributed by atoms with E-state index in [2.05, 4.69) is 15.3 Å². The summed E-state index contributed by atoms with van der Waals surface area (Å²) in [7, 11) is 3.44. The van der Waals surface area contributed by atoms with E-state index in [1.54, 1.807) is 37.7 Å². The third-order valence-electron chi connectivity index (χ3n) is 5.08. The average Bonchev–Trinajstić information content (AvgIpc) is 3.29. The van der Waals surface area contributed by atoms with Gasteiger partial charge in [0.25, 0.3) is 0 Å². The average molecular weight is 458 g/mol. The van der Waals surface area contributed by atoms with Crippen LogP contribution in [-0.2, 0) is 11.8 Å². The molecule has 0 saturated heterocycles. The van der Waals surface area contributed by atoms with Crippen molar-refractivity contribution in [1.82, 2.24) is 19.9 Å². The van der Waals surface area contributed by atoms with Crippen molar-refractivity contribution in [3.05, 3.63) is 108 Å². The normalized spacial score (nSPS) is 11.9. The van der Waals surface area contributed by atoms with E-state index in [4.69, 9.17) is 9.47 Å². The van der Waals surface area contributed by atoms with Crippen molar-refractivity contribution < 1.29 is 18.7 Å². The zero-order valence-corrected chi connectivity index (χ0v) is 18.7. The Balaban J connectivity index is 1.50. The molecule has 0 spiro atoms. The molecular formula is C26H23FN4O3. The van der Waals surface area contributed by atoms with Crippen LogP contribution in [0.2, 0.25) is 0 Å². The summed E-state index contributed by atoms with van der Waals surface area (Å²) in [6, 6.07) is 14.8. The highest BCUT2D eigenvalue weighted by Crippen LogP contribution is 2.26. The molecule has 7 nitrogen and oxygen atoms in total. The minimum Gasteiger partial charge on any atom is -0.497 e. The Morgan fingerprint density at radius 2 is 1.97 bits per heavy atom. The summed E-state index contributed by atoms with van der Waals surface area (Å²) < 4.78 is 27.1. The Morgan fingerprint density at radius 1 is 1.12 bits per heavy atom. The molecule has 0 radical (unpaired) electrons. The standard InChI is InChI=1S/C26H23FN4O3/c1-31-14-13-29-26(31)25(19-5-3-6-20(16-19)33-2)30-24(32)11-9-18-8-10-23(22(27)15-18)34-21-7-4-12-28-17-21/h3-17,25H,1-2H3,(H,30,32)/b11-9+. The second-order valence-corrected chi connectivity index (χ2v) is 7.43. The zero-order valence-electron chi connectivity index (χ0n) is 18.7. The van der Waals surface area contributed by atoms with Gasteiger partial charge in [0.05, 0.1) is 13.3 Å². The third-order valence-corrected chi connectivity index (χ3v) is 5.08. The van der Waals surface area contributed by atoms with E-state index in [0.29, 0.717) is 22.9 Å². The molecule has 1 amide bonds. The van der Waals surface area contributed by atoms with E-state index >= 15 is 0 Å². The van der Waals surface area contributed by atoms with Crippen LogP contribution in [0.4, 0.5) is 4.39 Å². The molecular weight excluding hydrogens is 435 g/mol. The lowest BCUT2D eigenvalue weighted by atomic mass is 10.1. The Kier molecular flexibility index (Phi) is 6.98. The fraction of sp³-hybridized carbons (Fsp3) is 0.115. The lowest BCUT2D eigenvalue weighted by Crippen LogP contribution is -2.29. The summed E-state index contributed by atoms with van der Waals surface area (Å²) in [6.45, 7) is 0. The predicted molar refractivity (Wildman–Crippen MR) is 126 cm³/mol.